The van der Waals surface area contributed by atoms with Crippen molar-refractivity contribution in [3.63, 3.8) is 0 Å². The highest BCUT2D eigenvalue weighted by molar-refractivity contribution is 7.73. The van der Waals surface area contributed by atoms with E-state index in [-0.39, 0.29) is 0 Å². The smallest absolute Gasteiger partial charge is 0.252 e. The molecule has 0 saturated carbocycles. The lowest BCUT2D eigenvalue weighted by Gasteiger charge is -2.28. The maximum Gasteiger partial charge on any atom is 0.252 e. The minimum absolute atomic E-state index is 1.02. The van der Waals surface area contributed by atoms with Crippen LogP contribution in [0.4, 0.5) is 70.2 Å². The lowest BCUT2D eigenvalue weighted by Crippen LogP contribution is -2.38. The van der Waals surface area contributed by atoms with Gasteiger partial charge in [-0.3, -0.25) is 0 Å². The summed E-state index contributed by atoms with van der Waals surface area (Å²) in [5.41, 5.74) is 0. The lowest BCUT2D eigenvalue weighted by molar-refractivity contribution is -0.142. The van der Waals surface area contributed by atoms with Crippen LogP contribution in [0.3, 0.4) is 0 Å². The first-order valence-corrected chi connectivity index (χ1v) is 16.4. The van der Waals surface area contributed by atoms with E-state index in [0.29, 0.717) is 0 Å². The quantitative estimate of drug-likeness (QED) is 0.132. The van der Waals surface area contributed by atoms with Crippen molar-refractivity contribution in [2.24, 2.45) is 0 Å². The second kappa shape index (κ2) is 14.0. The van der Waals surface area contributed by atoms with E-state index >= 15 is 35.1 Å². The van der Waals surface area contributed by atoms with Gasteiger partial charge in [0.1, 0.15) is 0 Å². The summed E-state index contributed by atoms with van der Waals surface area (Å²) in [7, 11) is -7.70. The second-order valence-corrected chi connectivity index (χ2v) is 14.8. The van der Waals surface area contributed by atoms with Crippen molar-refractivity contribution in [3.05, 3.63) is 94.1 Å². The molecule has 4 aromatic rings. The van der Waals surface area contributed by atoms with Crippen LogP contribution in [0, 0.1) is 94.1 Å². The molecule has 1 fully saturated rings. The molecule has 6 nitrogen and oxygen atoms in total. The molecule has 4 aromatic heterocycles. The number of nitrogens with zero attached hydrogens (tertiary/aromatic N) is 4. The molecule has 24 heteroatoms. The fourth-order valence-corrected chi connectivity index (χ4v) is 10.2. The summed E-state index contributed by atoms with van der Waals surface area (Å²) in [6, 6.07) is 0. The molecular weight excluding hydrogens is 778 g/mol. The number of hydrogen-bond donors (Lipinski definition) is 0. The van der Waals surface area contributed by atoms with E-state index < -0.39 is 161 Å². The van der Waals surface area contributed by atoms with Gasteiger partial charge in [-0.05, 0) is 29.7 Å². The Balaban J connectivity index is 1.74. The standard InChI is InChI=1S/C27H12F16N4O2P2/c1-27(2)48-5(3-50(15-7(28)19(36)44-20(37)8(15)29)16-9(30)21(38)45-22(39)10(16)31)6(49-27)4-51(17-11(32)23(40)46-24(41)12(17)33)18-13(34)25(42)47-26(43)14(18)35/h5-6H,3-4H2,1-2H3/t5-,6-/m0/s1. The van der Waals surface area contributed by atoms with Gasteiger partial charge in [-0.2, -0.15) is 55.1 Å². The number of hydrogen-bond acceptors (Lipinski definition) is 6. The normalized spacial score (nSPS) is 17.3. The van der Waals surface area contributed by atoms with Crippen molar-refractivity contribution in [2.75, 3.05) is 12.3 Å². The van der Waals surface area contributed by atoms with Gasteiger partial charge in [0.05, 0.1) is 33.4 Å². The summed E-state index contributed by atoms with van der Waals surface area (Å²) in [5, 5.41) is -7.62. The third kappa shape index (κ3) is 6.94. The maximum atomic E-state index is 15.1. The first kappa shape index (κ1) is 38.5. The average Bonchev–Trinajstić information content (AvgIpc) is 3.33. The Morgan fingerprint density at radius 2 is 0.569 bits per heavy atom. The molecule has 1 saturated heterocycles. The molecule has 0 aliphatic carbocycles. The summed E-state index contributed by atoms with van der Waals surface area (Å²) >= 11 is 0. The van der Waals surface area contributed by atoms with Crippen molar-refractivity contribution < 1.29 is 79.7 Å². The van der Waals surface area contributed by atoms with Gasteiger partial charge < -0.3 is 9.47 Å². The van der Waals surface area contributed by atoms with Gasteiger partial charge in [-0.25, -0.2) is 35.1 Å². The van der Waals surface area contributed by atoms with Crippen LogP contribution in [0.1, 0.15) is 13.8 Å². The molecule has 5 rings (SSSR count). The number of rotatable bonds is 8. The topological polar surface area (TPSA) is 70.0 Å². The van der Waals surface area contributed by atoms with Gasteiger partial charge >= 0.3 is 0 Å². The zero-order valence-electron chi connectivity index (χ0n) is 24.6. The van der Waals surface area contributed by atoms with E-state index in [2.05, 4.69) is 19.9 Å². The fraction of sp³-hybridized carbons (Fsp3) is 0.259. The fourth-order valence-electron chi connectivity index (χ4n) is 5.02. The Hall–Kier alpha value is -3.74. The number of aromatic nitrogens is 4. The molecule has 1 aliphatic heterocycles. The molecule has 0 bridgehead atoms. The average molecular weight is 790 g/mol. The minimum Gasteiger partial charge on any atom is -0.344 e. The van der Waals surface area contributed by atoms with Gasteiger partial charge in [0.25, 0.3) is 47.6 Å². The SMILES string of the molecule is CC1(C)O[C@@H](CP(c2c(F)c(F)nc(F)c2F)c2c(F)c(F)nc(F)c2F)[C@H](CP(c2c(F)c(F)nc(F)c2F)c2c(F)c(F)nc(F)c2F)O1. The highest BCUT2D eigenvalue weighted by Gasteiger charge is 2.48. The molecule has 1 aliphatic rings. The molecule has 0 N–H and O–H groups in total. The zero-order valence-corrected chi connectivity index (χ0v) is 26.4. The Morgan fingerprint density at radius 1 is 0.392 bits per heavy atom. The zero-order chi connectivity index (χ0) is 38.0. The monoisotopic (exact) mass is 790 g/mol. The van der Waals surface area contributed by atoms with Crippen LogP contribution in [-0.2, 0) is 9.47 Å². The molecule has 0 radical (unpaired) electrons. The Morgan fingerprint density at radius 3 is 0.745 bits per heavy atom. The Kier molecular flexibility index (Phi) is 10.6. The van der Waals surface area contributed by atoms with Crippen molar-refractivity contribution in [1.82, 2.24) is 19.9 Å². The summed E-state index contributed by atoms with van der Waals surface area (Å²) in [6.45, 7) is 2.04. The molecule has 2 atom stereocenters. The highest BCUT2D eigenvalue weighted by Crippen LogP contribution is 2.47. The Labute approximate surface area is 275 Å². The van der Waals surface area contributed by atoms with Gasteiger partial charge in [0, 0.05) is 12.3 Å². The number of ether oxygens (including phenoxy) is 2. The predicted octanol–water partition coefficient (Wildman–Crippen LogP) is 5.58. The second-order valence-electron chi connectivity index (χ2n) is 10.6. The number of halogens is 16. The molecule has 0 aromatic carbocycles. The lowest BCUT2D eigenvalue weighted by atomic mass is 10.3. The molecule has 0 spiro atoms. The minimum atomic E-state index is -3.85. The van der Waals surface area contributed by atoms with Crippen LogP contribution in [-0.4, -0.2) is 50.3 Å². The molecule has 0 amide bonds. The Bertz CT molecular complexity index is 1700. The first-order valence-electron chi connectivity index (χ1n) is 13.4. The van der Waals surface area contributed by atoms with Crippen LogP contribution in [0.2, 0.25) is 0 Å². The molecule has 274 valence electrons. The van der Waals surface area contributed by atoms with Crippen LogP contribution in [0.15, 0.2) is 0 Å². The predicted molar refractivity (Wildman–Crippen MR) is 142 cm³/mol. The third-order valence-electron chi connectivity index (χ3n) is 6.99. The van der Waals surface area contributed by atoms with Crippen molar-refractivity contribution in [2.45, 2.75) is 31.8 Å². The summed E-state index contributed by atoms with van der Waals surface area (Å²) in [5.74, 6) is -40.9. The summed E-state index contributed by atoms with van der Waals surface area (Å²) in [4.78, 5) is 9.11. The van der Waals surface area contributed by atoms with Crippen molar-refractivity contribution in [3.8, 4) is 0 Å². The summed E-state index contributed by atoms with van der Waals surface area (Å²) in [6.07, 6.45) is -7.13. The summed E-state index contributed by atoms with van der Waals surface area (Å²) < 4.78 is 246. The van der Waals surface area contributed by atoms with Gasteiger partial charge in [-0.1, -0.05) is 0 Å². The highest BCUT2D eigenvalue weighted by atomic mass is 31.1. The van der Waals surface area contributed by atoms with E-state index in [1.165, 1.54) is 0 Å². The van der Waals surface area contributed by atoms with Gasteiger partial charge in [-0.15, -0.1) is 0 Å². The molecule has 51 heavy (non-hydrogen) atoms. The van der Waals surface area contributed by atoms with E-state index in [4.69, 9.17) is 9.47 Å². The van der Waals surface area contributed by atoms with Crippen LogP contribution in [0.25, 0.3) is 0 Å². The maximum absolute atomic E-state index is 15.1. The first-order chi connectivity index (χ1) is 23.7. The van der Waals surface area contributed by atoms with E-state index in [1.54, 1.807) is 0 Å². The largest absolute Gasteiger partial charge is 0.344 e. The van der Waals surface area contributed by atoms with E-state index in [1.807, 2.05) is 0 Å². The van der Waals surface area contributed by atoms with Gasteiger partial charge in [0.15, 0.2) is 52.3 Å². The van der Waals surface area contributed by atoms with Crippen LogP contribution in [0.5, 0.6) is 0 Å². The van der Waals surface area contributed by atoms with Crippen molar-refractivity contribution in [1.29, 1.82) is 0 Å². The van der Waals surface area contributed by atoms with E-state index in [0.717, 1.165) is 13.8 Å². The van der Waals surface area contributed by atoms with E-state index in [9.17, 15) is 35.1 Å². The molecule has 0 unspecified atom stereocenters. The van der Waals surface area contributed by atoms with Crippen LogP contribution >= 0.6 is 15.8 Å². The number of pyridine rings is 4. The van der Waals surface area contributed by atoms with Gasteiger partial charge in [0.2, 0.25) is 0 Å². The van der Waals surface area contributed by atoms with Crippen molar-refractivity contribution >= 4 is 37.1 Å². The third-order valence-corrected chi connectivity index (χ3v) is 12.2. The molecule has 5 heterocycles. The van der Waals surface area contributed by atoms with Crippen LogP contribution < -0.4 is 21.2 Å². The molecular formula is C27H12F16N4O2P2.